The molecule has 0 amide bonds. The zero-order valence-electron chi connectivity index (χ0n) is 24.8. The van der Waals surface area contributed by atoms with Crippen LogP contribution < -0.4 is 0 Å². The second kappa shape index (κ2) is 11.0. The summed E-state index contributed by atoms with van der Waals surface area (Å²) in [5.41, 5.74) is -6.85. The smallest absolute Gasteiger partial charge is 0.338 e. The van der Waals surface area contributed by atoms with E-state index in [1.54, 1.807) is 32.0 Å². The molecule has 0 radical (unpaired) electrons. The van der Waals surface area contributed by atoms with Crippen LogP contribution in [0.3, 0.4) is 0 Å². The van der Waals surface area contributed by atoms with Gasteiger partial charge in [-0.05, 0) is 45.7 Å². The molecule has 1 aromatic rings. The van der Waals surface area contributed by atoms with E-state index >= 15 is 0 Å². The number of benzene rings is 1. The first-order valence-corrected chi connectivity index (χ1v) is 13.8. The predicted octanol–water partition coefficient (Wildman–Crippen LogP) is 2.28. The molecule has 1 saturated heterocycles. The topological polar surface area (TPSA) is 161 Å². The maximum Gasteiger partial charge on any atom is 0.338 e. The van der Waals surface area contributed by atoms with Gasteiger partial charge in [0.1, 0.15) is 30.3 Å². The lowest BCUT2D eigenvalue weighted by atomic mass is 9.46. The highest BCUT2D eigenvalue weighted by Gasteiger charge is 2.87. The van der Waals surface area contributed by atoms with Crippen molar-refractivity contribution in [2.45, 2.75) is 103 Å². The van der Waals surface area contributed by atoms with Gasteiger partial charge >= 0.3 is 29.8 Å². The lowest BCUT2D eigenvalue weighted by molar-refractivity contribution is -0.348. The fraction of sp³-hybridized carbons (Fsp3) is 0.633. The Morgan fingerprint density at radius 3 is 1.98 bits per heavy atom. The summed E-state index contributed by atoms with van der Waals surface area (Å²) in [6.45, 7) is 8.90. The number of fused-ring (bicyclic) bond motifs is 1. The lowest BCUT2D eigenvalue weighted by Crippen LogP contribution is -2.83. The van der Waals surface area contributed by atoms with Crippen molar-refractivity contribution in [1.29, 1.82) is 0 Å². The maximum absolute atomic E-state index is 13.7. The predicted molar refractivity (Wildman–Crippen MR) is 143 cm³/mol. The van der Waals surface area contributed by atoms with Crippen molar-refractivity contribution in [2.75, 3.05) is 6.61 Å². The summed E-state index contributed by atoms with van der Waals surface area (Å²) in [6, 6.07) is 8.04. The van der Waals surface area contributed by atoms with Gasteiger partial charge in [0.05, 0.1) is 22.7 Å². The quantitative estimate of drug-likeness (QED) is 0.365. The van der Waals surface area contributed by atoms with Crippen molar-refractivity contribution in [2.24, 2.45) is 11.3 Å². The zero-order valence-corrected chi connectivity index (χ0v) is 24.8. The van der Waals surface area contributed by atoms with E-state index in [-0.39, 0.29) is 18.4 Å². The SMILES string of the molecule is CC(=O)OC[C@@]12[C@@H](OC(C)=O)CC[C@](C)(O)[C@]13OC(C)(C)[C@H]([C@H](OC(C)=O)[C@@H]2OC(=O)c1ccccc1)[C@H]3OC(C)=O. The fourth-order valence-corrected chi connectivity index (χ4v) is 7.43. The molecule has 1 aromatic carbocycles. The Bertz CT molecular complexity index is 1260. The summed E-state index contributed by atoms with van der Waals surface area (Å²) in [7, 11) is 0. The lowest BCUT2D eigenvalue weighted by Gasteiger charge is -2.65. The second-order valence-electron chi connectivity index (χ2n) is 12.0. The average molecular weight is 591 g/mol. The minimum atomic E-state index is -1.98. The first kappa shape index (κ1) is 31.4. The van der Waals surface area contributed by atoms with Gasteiger partial charge in [0.2, 0.25) is 0 Å². The molecule has 4 rings (SSSR count). The van der Waals surface area contributed by atoms with Crippen molar-refractivity contribution >= 4 is 29.8 Å². The Labute approximate surface area is 243 Å². The van der Waals surface area contributed by atoms with Crippen LogP contribution in [0.25, 0.3) is 0 Å². The number of rotatable bonds is 7. The molecule has 3 aliphatic rings. The van der Waals surface area contributed by atoms with Gasteiger partial charge in [-0.2, -0.15) is 0 Å². The van der Waals surface area contributed by atoms with Crippen LogP contribution in [0.1, 0.15) is 71.7 Å². The molecular formula is C30H38O12. The summed E-state index contributed by atoms with van der Waals surface area (Å²) >= 11 is 0. The molecule has 1 N–H and O–H groups in total. The third-order valence-corrected chi connectivity index (χ3v) is 8.73. The Hall–Kier alpha value is -3.51. The van der Waals surface area contributed by atoms with Crippen LogP contribution in [0.15, 0.2) is 30.3 Å². The monoisotopic (exact) mass is 590 g/mol. The molecule has 2 bridgehead atoms. The first-order valence-electron chi connectivity index (χ1n) is 13.8. The number of ether oxygens (including phenoxy) is 6. The maximum atomic E-state index is 13.7. The van der Waals surface area contributed by atoms with Crippen LogP contribution in [0.2, 0.25) is 0 Å². The van der Waals surface area contributed by atoms with Crippen molar-refractivity contribution in [3.05, 3.63) is 35.9 Å². The van der Waals surface area contributed by atoms with Crippen molar-refractivity contribution in [3.63, 3.8) is 0 Å². The van der Waals surface area contributed by atoms with Gasteiger partial charge in [-0.15, -0.1) is 0 Å². The minimum absolute atomic E-state index is 0.00488. The van der Waals surface area contributed by atoms with Gasteiger partial charge in [-0.1, -0.05) is 18.2 Å². The van der Waals surface area contributed by atoms with Crippen molar-refractivity contribution in [3.8, 4) is 0 Å². The zero-order chi connectivity index (χ0) is 31.3. The third kappa shape index (κ3) is 4.94. The summed E-state index contributed by atoms with van der Waals surface area (Å²) in [5, 5.41) is 12.2. The molecule has 2 aliphatic carbocycles. The van der Waals surface area contributed by atoms with E-state index < -0.39 is 89.0 Å². The van der Waals surface area contributed by atoms with E-state index in [0.717, 1.165) is 6.92 Å². The third-order valence-electron chi connectivity index (χ3n) is 8.73. The highest BCUT2D eigenvalue weighted by molar-refractivity contribution is 5.89. The van der Waals surface area contributed by atoms with E-state index in [2.05, 4.69) is 0 Å². The number of carbonyl (C=O) groups is 5. The molecule has 1 aliphatic heterocycles. The number of hydrogen-bond acceptors (Lipinski definition) is 12. The number of esters is 5. The van der Waals surface area contributed by atoms with Gasteiger partial charge < -0.3 is 33.5 Å². The summed E-state index contributed by atoms with van der Waals surface area (Å²) in [6.07, 6.45) is -5.37. The molecule has 2 saturated carbocycles. The number of hydrogen-bond donors (Lipinski definition) is 1. The summed E-state index contributed by atoms with van der Waals surface area (Å²) < 4.78 is 36.2. The fourth-order valence-electron chi connectivity index (χ4n) is 7.43. The highest BCUT2D eigenvalue weighted by Crippen LogP contribution is 2.69. The second-order valence-corrected chi connectivity index (χ2v) is 12.0. The summed E-state index contributed by atoms with van der Waals surface area (Å²) in [5.74, 6) is -4.70. The van der Waals surface area contributed by atoms with Gasteiger partial charge in [0, 0.05) is 27.7 Å². The van der Waals surface area contributed by atoms with E-state index in [1.165, 1.54) is 39.8 Å². The highest BCUT2D eigenvalue weighted by atomic mass is 16.6. The van der Waals surface area contributed by atoms with Crippen LogP contribution in [0.4, 0.5) is 0 Å². The molecule has 1 heterocycles. The van der Waals surface area contributed by atoms with Crippen LogP contribution in [-0.2, 0) is 47.6 Å². The molecule has 12 heteroatoms. The standard InChI is InChI=1S/C30H38O12/c1-16(31)37-15-29-21(38-17(2)32)13-14-28(7,36)30(29)24(40-19(4)34)22(27(5,6)42-30)23(39-18(3)33)25(29)41-26(35)20-11-9-8-10-12-20/h8-12,21-25,36H,13-15H2,1-7H3/t21-,22+,23-,24+,25-,28-,29-,30-/m0/s1. The first-order chi connectivity index (χ1) is 19.5. The molecule has 0 unspecified atom stereocenters. The number of aliphatic hydroxyl groups is 1. The Morgan fingerprint density at radius 1 is 0.833 bits per heavy atom. The average Bonchev–Trinajstić information content (AvgIpc) is 3.07. The molecular weight excluding hydrogens is 552 g/mol. The number of carbonyl (C=O) groups excluding carboxylic acids is 5. The van der Waals surface area contributed by atoms with E-state index in [0.29, 0.717) is 0 Å². The van der Waals surface area contributed by atoms with Gasteiger partial charge in [-0.3, -0.25) is 19.2 Å². The molecule has 0 aromatic heterocycles. The molecule has 12 nitrogen and oxygen atoms in total. The van der Waals surface area contributed by atoms with Crippen LogP contribution in [0.5, 0.6) is 0 Å². The minimum Gasteiger partial charge on any atom is -0.465 e. The van der Waals surface area contributed by atoms with E-state index in [1.807, 2.05) is 0 Å². The molecule has 3 fully saturated rings. The normalized spacial score (nSPS) is 36.1. The molecule has 1 spiro atoms. The van der Waals surface area contributed by atoms with Crippen molar-refractivity contribution < 1.29 is 57.5 Å². The van der Waals surface area contributed by atoms with Gasteiger partial charge in [0.25, 0.3) is 0 Å². The van der Waals surface area contributed by atoms with Crippen LogP contribution in [-0.4, -0.2) is 82.8 Å². The van der Waals surface area contributed by atoms with Gasteiger partial charge in [-0.25, -0.2) is 4.79 Å². The molecule has 8 atom stereocenters. The van der Waals surface area contributed by atoms with Crippen LogP contribution in [0, 0.1) is 11.3 Å². The summed E-state index contributed by atoms with van der Waals surface area (Å²) in [4.78, 5) is 63.7. The van der Waals surface area contributed by atoms with E-state index in [9.17, 15) is 29.1 Å². The molecule has 42 heavy (non-hydrogen) atoms. The van der Waals surface area contributed by atoms with Crippen LogP contribution >= 0.6 is 0 Å². The van der Waals surface area contributed by atoms with Crippen molar-refractivity contribution in [1.82, 2.24) is 0 Å². The Kier molecular flexibility index (Phi) is 8.20. The largest absolute Gasteiger partial charge is 0.465 e. The Morgan fingerprint density at radius 2 is 1.43 bits per heavy atom. The van der Waals surface area contributed by atoms with E-state index in [4.69, 9.17) is 28.4 Å². The Balaban J connectivity index is 2.10. The van der Waals surface area contributed by atoms with Gasteiger partial charge in [0.15, 0.2) is 11.7 Å². The molecule has 230 valence electrons.